The zero-order valence-electron chi connectivity index (χ0n) is 13.1. The summed E-state index contributed by atoms with van der Waals surface area (Å²) in [5.74, 6) is 0.271. The van der Waals surface area contributed by atoms with Crippen molar-refractivity contribution in [1.29, 1.82) is 0 Å². The Hall–Kier alpha value is -0.910. The topological polar surface area (TPSA) is 58.2 Å². The number of hydrogen-bond donors (Lipinski definition) is 2. The number of rotatable bonds is 8. The predicted molar refractivity (Wildman–Crippen MR) is 85.8 cm³/mol. The average Bonchev–Trinajstić information content (AvgIpc) is 3.23. The van der Waals surface area contributed by atoms with Crippen LogP contribution in [0.4, 0.5) is 0 Å². The van der Waals surface area contributed by atoms with Gasteiger partial charge in [-0.3, -0.25) is 0 Å². The molecule has 1 aliphatic carbocycles. The molecule has 2 rings (SSSR count). The van der Waals surface area contributed by atoms with Crippen LogP contribution in [0.15, 0.2) is 29.2 Å². The Bertz CT molecular complexity index is 548. The fourth-order valence-corrected chi connectivity index (χ4v) is 3.38. The zero-order valence-corrected chi connectivity index (χ0v) is 13.9. The fraction of sp³-hybridized carbons (Fsp3) is 0.625. The molecule has 21 heavy (non-hydrogen) atoms. The second kappa shape index (κ2) is 6.90. The molecule has 4 nitrogen and oxygen atoms in total. The Morgan fingerprint density at radius 2 is 1.76 bits per heavy atom. The molecule has 0 heterocycles. The summed E-state index contributed by atoms with van der Waals surface area (Å²) in [6, 6.07) is 7.85. The van der Waals surface area contributed by atoms with Gasteiger partial charge in [0.25, 0.3) is 0 Å². The van der Waals surface area contributed by atoms with Gasteiger partial charge in [0, 0.05) is 12.1 Å². The van der Waals surface area contributed by atoms with Crippen LogP contribution in [0.3, 0.4) is 0 Å². The number of benzene rings is 1. The Balaban J connectivity index is 1.93. The van der Waals surface area contributed by atoms with Crippen LogP contribution in [0.5, 0.6) is 0 Å². The molecule has 1 unspecified atom stereocenters. The zero-order chi connectivity index (χ0) is 15.5. The molecule has 0 bridgehead atoms. The number of sulfonamides is 1. The lowest BCUT2D eigenvalue weighted by molar-refractivity contribution is 0.476. The van der Waals surface area contributed by atoms with Crippen molar-refractivity contribution in [3.05, 3.63) is 29.8 Å². The third kappa shape index (κ3) is 5.09. The summed E-state index contributed by atoms with van der Waals surface area (Å²) in [7, 11) is -3.41. The van der Waals surface area contributed by atoms with Crippen molar-refractivity contribution in [3.63, 3.8) is 0 Å². The minimum atomic E-state index is -3.41. The van der Waals surface area contributed by atoms with E-state index < -0.39 is 10.0 Å². The second-order valence-corrected chi connectivity index (χ2v) is 7.99. The van der Waals surface area contributed by atoms with E-state index in [1.54, 1.807) is 12.1 Å². The van der Waals surface area contributed by atoms with Crippen LogP contribution in [-0.2, 0) is 16.4 Å². The van der Waals surface area contributed by atoms with E-state index in [2.05, 4.69) is 10.0 Å². The summed E-state index contributed by atoms with van der Waals surface area (Å²) in [6.07, 6.45) is 3.51. The van der Waals surface area contributed by atoms with Gasteiger partial charge in [0.2, 0.25) is 10.0 Å². The van der Waals surface area contributed by atoms with Crippen LogP contribution >= 0.6 is 0 Å². The first kappa shape index (κ1) is 16.5. The van der Waals surface area contributed by atoms with E-state index in [9.17, 15) is 8.42 Å². The predicted octanol–water partition coefficient (Wildman–Crippen LogP) is 2.30. The molecule has 1 aliphatic rings. The summed E-state index contributed by atoms with van der Waals surface area (Å²) in [6.45, 7) is 6.85. The van der Waals surface area contributed by atoms with E-state index in [4.69, 9.17) is 0 Å². The molecule has 1 fully saturated rings. The van der Waals surface area contributed by atoms with E-state index in [0.717, 1.165) is 13.0 Å². The van der Waals surface area contributed by atoms with Gasteiger partial charge >= 0.3 is 0 Å². The maximum Gasteiger partial charge on any atom is 0.240 e. The minimum absolute atomic E-state index is 0.0718. The lowest BCUT2D eigenvalue weighted by Gasteiger charge is -2.17. The van der Waals surface area contributed by atoms with Crippen molar-refractivity contribution in [3.8, 4) is 0 Å². The monoisotopic (exact) mass is 310 g/mol. The van der Waals surface area contributed by atoms with Crippen LogP contribution in [0.2, 0.25) is 0 Å². The Kier molecular flexibility index (Phi) is 5.41. The van der Waals surface area contributed by atoms with Crippen LogP contribution in [0, 0.1) is 5.92 Å². The van der Waals surface area contributed by atoms with E-state index in [1.807, 2.05) is 32.9 Å². The minimum Gasteiger partial charge on any atom is -0.314 e. The molecule has 0 spiro atoms. The first-order valence-corrected chi connectivity index (χ1v) is 9.21. The van der Waals surface area contributed by atoms with Gasteiger partial charge in [-0.2, -0.15) is 0 Å². The molecular formula is C16H26N2O2S. The molecule has 0 radical (unpaired) electrons. The van der Waals surface area contributed by atoms with Gasteiger partial charge in [0.1, 0.15) is 0 Å². The summed E-state index contributed by atoms with van der Waals surface area (Å²) in [5, 5.41) is 3.46. The normalized spacial score (nSPS) is 17.1. The van der Waals surface area contributed by atoms with Crippen LogP contribution in [0.1, 0.15) is 39.2 Å². The molecular weight excluding hydrogens is 284 g/mol. The maximum absolute atomic E-state index is 12.2. The molecule has 118 valence electrons. The van der Waals surface area contributed by atoms with Crippen molar-refractivity contribution >= 4 is 10.0 Å². The van der Waals surface area contributed by atoms with Crippen molar-refractivity contribution in [2.75, 3.05) is 6.54 Å². The fourth-order valence-electron chi connectivity index (χ4n) is 1.99. The first-order valence-electron chi connectivity index (χ1n) is 7.73. The van der Waals surface area contributed by atoms with E-state index in [0.29, 0.717) is 10.9 Å². The van der Waals surface area contributed by atoms with Gasteiger partial charge in [-0.05, 0) is 56.3 Å². The van der Waals surface area contributed by atoms with Crippen LogP contribution in [0.25, 0.3) is 0 Å². The quantitative estimate of drug-likeness (QED) is 0.774. The molecule has 0 aliphatic heterocycles. The molecule has 1 aromatic carbocycles. The van der Waals surface area contributed by atoms with E-state index in [1.165, 1.54) is 18.4 Å². The highest BCUT2D eigenvalue weighted by atomic mass is 32.2. The second-order valence-electron chi connectivity index (χ2n) is 6.28. The Morgan fingerprint density at radius 1 is 1.14 bits per heavy atom. The summed E-state index contributed by atoms with van der Waals surface area (Å²) >= 11 is 0. The van der Waals surface area contributed by atoms with Gasteiger partial charge in [0.05, 0.1) is 4.90 Å². The third-order valence-electron chi connectivity index (χ3n) is 4.00. The molecule has 1 atom stereocenters. The standard InChI is InChI=1S/C16H26N2O2S/c1-12(2)13(3)18-21(19,20)16-8-4-14(5-9-16)10-11-17-15-6-7-15/h4-5,8-9,12-13,15,17-18H,6-7,10-11H2,1-3H3. The van der Waals surface area contributed by atoms with E-state index >= 15 is 0 Å². The smallest absolute Gasteiger partial charge is 0.240 e. The lowest BCUT2D eigenvalue weighted by atomic mass is 10.1. The lowest BCUT2D eigenvalue weighted by Crippen LogP contribution is -2.36. The number of nitrogens with one attached hydrogen (secondary N) is 2. The number of hydrogen-bond acceptors (Lipinski definition) is 3. The highest BCUT2D eigenvalue weighted by Gasteiger charge is 2.20. The molecule has 0 amide bonds. The van der Waals surface area contributed by atoms with E-state index in [-0.39, 0.29) is 12.0 Å². The van der Waals surface area contributed by atoms with Gasteiger partial charge in [0.15, 0.2) is 0 Å². The Labute approximate surface area is 128 Å². The SMILES string of the molecule is CC(C)C(C)NS(=O)(=O)c1ccc(CCNC2CC2)cc1. The first-order chi connectivity index (χ1) is 9.88. The third-order valence-corrected chi connectivity index (χ3v) is 5.57. The van der Waals surface area contributed by atoms with Gasteiger partial charge in [-0.15, -0.1) is 0 Å². The van der Waals surface area contributed by atoms with Crippen LogP contribution in [-0.4, -0.2) is 27.0 Å². The molecule has 1 aromatic rings. The molecule has 5 heteroatoms. The maximum atomic E-state index is 12.2. The van der Waals surface area contributed by atoms with Crippen LogP contribution < -0.4 is 10.0 Å². The average molecular weight is 310 g/mol. The highest BCUT2D eigenvalue weighted by molar-refractivity contribution is 7.89. The molecule has 2 N–H and O–H groups in total. The van der Waals surface area contributed by atoms with Gasteiger partial charge in [-0.25, -0.2) is 13.1 Å². The van der Waals surface area contributed by atoms with Crippen molar-refractivity contribution in [2.24, 2.45) is 5.92 Å². The van der Waals surface area contributed by atoms with Gasteiger partial charge < -0.3 is 5.32 Å². The van der Waals surface area contributed by atoms with Crippen molar-refractivity contribution in [2.45, 2.75) is 57.0 Å². The summed E-state index contributed by atoms with van der Waals surface area (Å²) in [5.41, 5.74) is 1.17. The molecule has 0 saturated heterocycles. The van der Waals surface area contributed by atoms with Crippen molar-refractivity contribution < 1.29 is 8.42 Å². The van der Waals surface area contributed by atoms with Gasteiger partial charge in [-0.1, -0.05) is 26.0 Å². The summed E-state index contributed by atoms with van der Waals surface area (Å²) < 4.78 is 27.2. The van der Waals surface area contributed by atoms with Crippen molar-refractivity contribution in [1.82, 2.24) is 10.0 Å². The summed E-state index contributed by atoms with van der Waals surface area (Å²) in [4.78, 5) is 0.342. The molecule has 1 saturated carbocycles. The highest BCUT2D eigenvalue weighted by Crippen LogP contribution is 2.18. The Morgan fingerprint density at radius 3 is 2.29 bits per heavy atom. The largest absolute Gasteiger partial charge is 0.314 e. The molecule has 0 aromatic heterocycles.